The Morgan fingerprint density at radius 1 is 1.70 bits per heavy atom. The Morgan fingerprint density at radius 2 is 2.40 bits per heavy atom. The topological polar surface area (TPSA) is 48.8 Å². The zero-order valence-corrected chi connectivity index (χ0v) is 6.33. The summed E-state index contributed by atoms with van der Waals surface area (Å²) < 4.78 is 0. The minimum absolute atomic E-state index is 0.0532. The minimum Gasteiger partial charge on any atom is -0.107 e. The molecular weight excluding hydrogens is 126 g/mol. The molecule has 0 bridgehead atoms. The number of nitrogens with zero attached hydrogens (tertiary/aromatic N) is 3. The molecule has 0 heterocycles. The van der Waals surface area contributed by atoms with Gasteiger partial charge in [0.1, 0.15) is 0 Å². The van der Waals surface area contributed by atoms with Crippen LogP contribution in [-0.2, 0) is 0 Å². The van der Waals surface area contributed by atoms with Gasteiger partial charge in [-0.25, -0.2) is 0 Å². The van der Waals surface area contributed by atoms with Crippen LogP contribution in [0.5, 0.6) is 0 Å². The van der Waals surface area contributed by atoms with Gasteiger partial charge in [0, 0.05) is 17.4 Å². The van der Waals surface area contributed by atoms with Crippen molar-refractivity contribution in [2.24, 2.45) is 5.11 Å². The standard InChI is InChI=1S/C7H11N3/c1-3-5-6-7(4-2)9-10-8/h7H,4,6H2,1-2H3/t7-/m1/s1. The van der Waals surface area contributed by atoms with Crippen molar-refractivity contribution in [3.63, 3.8) is 0 Å². The van der Waals surface area contributed by atoms with Crippen molar-refractivity contribution in [1.29, 1.82) is 0 Å². The average Bonchev–Trinajstić information content (AvgIpc) is 1.98. The Morgan fingerprint density at radius 3 is 2.80 bits per heavy atom. The second-order valence-corrected chi connectivity index (χ2v) is 1.90. The second kappa shape index (κ2) is 6.00. The van der Waals surface area contributed by atoms with E-state index in [4.69, 9.17) is 5.53 Å². The van der Waals surface area contributed by atoms with E-state index in [1.807, 2.05) is 6.92 Å². The fraction of sp³-hybridized carbons (Fsp3) is 0.714. The molecule has 0 aliphatic carbocycles. The van der Waals surface area contributed by atoms with E-state index in [2.05, 4.69) is 21.9 Å². The van der Waals surface area contributed by atoms with Gasteiger partial charge in [-0.3, -0.25) is 0 Å². The van der Waals surface area contributed by atoms with Gasteiger partial charge in [0.2, 0.25) is 0 Å². The number of hydrogen-bond donors (Lipinski definition) is 0. The maximum atomic E-state index is 8.08. The van der Waals surface area contributed by atoms with Crippen molar-refractivity contribution in [2.45, 2.75) is 32.7 Å². The molecule has 0 spiro atoms. The minimum atomic E-state index is 0.0532. The van der Waals surface area contributed by atoms with Gasteiger partial charge in [0.05, 0.1) is 0 Å². The van der Waals surface area contributed by atoms with Gasteiger partial charge in [-0.15, -0.1) is 11.8 Å². The van der Waals surface area contributed by atoms with E-state index in [1.54, 1.807) is 6.92 Å². The van der Waals surface area contributed by atoms with Crippen LogP contribution < -0.4 is 0 Å². The largest absolute Gasteiger partial charge is 0.107 e. The summed E-state index contributed by atoms with van der Waals surface area (Å²) in [4.78, 5) is 2.72. The zero-order chi connectivity index (χ0) is 7.82. The Hall–Kier alpha value is -1.13. The Kier molecular flexibility index (Phi) is 5.32. The summed E-state index contributed by atoms with van der Waals surface area (Å²) in [7, 11) is 0. The van der Waals surface area contributed by atoms with Crippen molar-refractivity contribution < 1.29 is 0 Å². The summed E-state index contributed by atoms with van der Waals surface area (Å²) in [5, 5.41) is 3.56. The monoisotopic (exact) mass is 137 g/mol. The Balaban J connectivity index is 3.78. The predicted octanol–water partition coefficient (Wildman–Crippen LogP) is 2.49. The van der Waals surface area contributed by atoms with Crippen molar-refractivity contribution >= 4 is 0 Å². The van der Waals surface area contributed by atoms with E-state index in [9.17, 15) is 0 Å². The number of azide groups is 1. The smallest absolute Gasteiger partial charge is 0.0480 e. The molecule has 0 unspecified atom stereocenters. The summed E-state index contributed by atoms with van der Waals surface area (Å²) >= 11 is 0. The third kappa shape index (κ3) is 3.82. The van der Waals surface area contributed by atoms with Gasteiger partial charge in [0.25, 0.3) is 0 Å². The van der Waals surface area contributed by atoms with Gasteiger partial charge in [-0.1, -0.05) is 12.0 Å². The van der Waals surface area contributed by atoms with Crippen LogP contribution >= 0.6 is 0 Å². The van der Waals surface area contributed by atoms with Gasteiger partial charge >= 0.3 is 0 Å². The summed E-state index contributed by atoms with van der Waals surface area (Å²) in [6.45, 7) is 3.76. The average molecular weight is 137 g/mol. The first-order valence-electron chi connectivity index (χ1n) is 3.29. The number of rotatable bonds is 3. The fourth-order valence-electron chi connectivity index (χ4n) is 0.560. The molecule has 0 aromatic heterocycles. The van der Waals surface area contributed by atoms with Crippen molar-refractivity contribution in [3.8, 4) is 11.8 Å². The predicted molar refractivity (Wildman–Crippen MR) is 41.3 cm³/mol. The molecule has 0 radical (unpaired) electrons. The van der Waals surface area contributed by atoms with Crippen LogP contribution in [0.1, 0.15) is 26.7 Å². The normalized spacial score (nSPS) is 10.6. The Labute approximate surface area is 61.1 Å². The summed E-state index contributed by atoms with van der Waals surface area (Å²) in [6.07, 6.45) is 1.54. The molecule has 3 nitrogen and oxygen atoms in total. The zero-order valence-electron chi connectivity index (χ0n) is 6.33. The highest BCUT2D eigenvalue weighted by Crippen LogP contribution is 2.01. The molecule has 0 saturated carbocycles. The van der Waals surface area contributed by atoms with E-state index in [1.165, 1.54) is 0 Å². The van der Waals surface area contributed by atoms with Crippen LogP contribution in [0.25, 0.3) is 10.4 Å². The van der Waals surface area contributed by atoms with Crippen molar-refractivity contribution in [1.82, 2.24) is 0 Å². The van der Waals surface area contributed by atoms with Crippen LogP contribution in [-0.4, -0.2) is 6.04 Å². The lowest BCUT2D eigenvalue weighted by atomic mass is 10.2. The molecule has 54 valence electrons. The first kappa shape index (κ1) is 8.87. The van der Waals surface area contributed by atoms with Crippen LogP contribution in [0.4, 0.5) is 0 Å². The highest BCUT2D eigenvalue weighted by molar-refractivity contribution is 4.97. The van der Waals surface area contributed by atoms with Gasteiger partial charge in [0.15, 0.2) is 0 Å². The summed E-state index contributed by atoms with van der Waals surface area (Å²) in [6, 6.07) is 0.0532. The van der Waals surface area contributed by atoms with Gasteiger partial charge in [-0.05, 0) is 18.9 Å². The molecule has 0 aromatic carbocycles. The first-order chi connectivity index (χ1) is 4.85. The molecule has 0 aliphatic rings. The Bertz CT molecular complexity index is 181. The second-order valence-electron chi connectivity index (χ2n) is 1.90. The SMILES string of the molecule is CC#CC[C@@H](CC)N=[N+]=[N-]. The lowest BCUT2D eigenvalue weighted by Gasteiger charge is -1.99. The quantitative estimate of drug-likeness (QED) is 0.248. The lowest BCUT2D eigenvalue weighted by molar-refractivity contribution is 0.664. The van der Waals surface area contributed by atoms with Crippen molar-refractivity contribution in [3.05, 3.63) is 10.4 Å². The summed E-state index contributed by atoms with van der Waals surface area (Å²) in [5.41, 5.74) is 8.08. The van der Waals surface area contributed by atoms with Gasteiger partial charge < -0.3 is 0 Å². The molecule has 0 amide bonds. The molecule has 0 saturated heterocycles. The fourth-order valence-corrected chi connectivity index (χ4v) is 0.560. The molecule has 1 atom stereocenters. The van der Waals surface area contributed by atoms with Crippen LogP contribution in [0, 0.1) is 11.8 Å². The maximum absolute atomic E-state index is 8.08. The molecule has 0 N–H and O–H groups in total. The van der Waals surface area contributed by atoms with Gasteiger partial charge in [-0.2, -0.15) is 0 Å². The molecule has 3 heteroatoms. The number of hydrogen-bond acceptors (Lipinski definition) is 1. The lowest BCUT2D eigenvalue weighted by Crippen LogP contribution is -1.98. The first-order valence-corrected chi connectivity index (χ1v) is 3.29. The van der Waals surface area contributed by atoms with Crippen LogP contribution in [0.15, 0.2) is 5.11 Å². The highest BCUT2D eigenvalue weighted by Gasteiger charge is 1.98. The third-order valence-electron chi connectivity index (χ3n) is 1.20. The van der Waals surface area contributed by atoms with E-state index < -0.39 is 0 Å². The van der Waals surface area contributed by atoms with Crippen LogP contribution in [0.2, 0.25) is 0 Å². The molecule has 10 heavy (non-hydrogen) atoms. The third-order valence-corrected chi connectivity index (χ3v) is 1.20. The summed E-state index contributed by atoms with van der Waals surface area (Å²) in [5.74, 6) is 5.63. The van der Waals surface area contributed by atoms with E-state index >= 15 is 0 Å². The highest BCUT2D eigenvalue weighted by atomic mass is 15.1. The van der Waals surface area contributed by atoms with E-state index in [0.29, 0.717) is 6.42 Å². The molecular formula is C7H11N3. The van der Waals surface area contributed by atoms with E-state index in [0.717, 1.165) is 6.42 Å². The molecule has 0 rings (SSSR count). The van der Waals surface area contributed by atoms with Crippen molar-refractivity contribution in [2.75, 3.05) is 0 Å². The maximum Gasteiger partial charge on any atom is 0.0480 e. The van der Waals surface area contributed by atoms with E-state index in [-0.39, 0.29) is 6.04 Å². The van der Waals surface area contributed by atoms with Crippen LogP contribution in [0.3, 0.4) is 0 Å². The molecule has 0 fully saturated rings. The molecule has 0 aliphatic heterocycles. The molecule has 0 aromatic rings.